The minimum Gasteiger partial charge on any atom is -0.497 e. The predicted octanol–water partition coefficient (Wildman–Crippen LogP) is 3.10. The highest BCUT2D eigenvalue weighted by Crippen LogP contribution is 2.37. The Bertz CT molecular complexity index is 1260. The Morgan fingerprint density at radius 3 is 2.61 bits per heavy atom. The van der Waals surface area contributed by atoms with Gasteiger partial charge in [-0.15, -0.1) is 0 Å². The molecule has 0 bridgehead atoms. The molecule has 0 spiro atoms. The number of hydrogen-bond acceptors (Lipinski definition) is 6. The molecule has 0 radical (unpaired) electrons. The van der Waals surface area contributed by atoms with Crippen LogP contribution in [0.5, 0.6) is 11.5 Å². The van der Waals surface area contributed by atoms with Crippen molar-refractivity contribution in [1.82, 2.24) is 10.2 Å². The van der Waals surface area contributed by atoms with Gasteiger partial charge >= 0.3 is 0 Å². The number of ether oxygens (including phenoxy) is 2. The number of aromatic nitrogens is 2. The number of anilines is 1. The average molecular weight is 422 g/mol. The van der Waals surface area contributed by atoms with Gasteiger partial charge in [0.15, 0.2) is 0 Å². The SMILES string of the molecule is COc1cc(OC)c2c(CC3(N)C=CC(F)=C(c4ccc(N)cc4)C3)n[nH]c(=O)c2c1. The Morgan fingerprint density at radius 1 is 1.19 bits per heavy atom. The molecule has 1 unspecified atom stereocenters. The van der Waals surface area contributed by atoms with E-state index in [1.807, 2.05) is 0 Å². The summed E-state index contributed by atoms with van der Waals surface area (Å²) in [4.78, 5) is 12.4. The molecule has 3 aromatic rings. The monoisotopic (exact) mass is 422 g/mol. The lowest BCUT2D eigenvalue weighted by Gasteiger charge is -2.30. The second kappa shape index (κ2) is 7.88. The smallest absolute Gasteiger partial charge is 0.272 e. The largest absolute Gasteiger partial charge is 0.497 e. The number of nitrogens with zero attached hydrogens (tertiary/aromatic N) is 1. The third-order valence-electron chi connectivity index (χ3n) is 5.47. The van der Waals surface area contributed by atoms with Crippen molar-refractivity contribution >= 4 is 22.0 Å². The van der Waals surface area contributed by atoms with Gasteiger partial charge in [-0.3, -0.25) is 4.79 Å². The van der Waals surface area contributed by atoms with E-state index in [0.29, 0.717) is 44.8 Å². The van der Waals surface area contributed by atoms with E-state index >= 15 is 0 Å². The summed E-state index contributed by atoms with van der Waals surface area (Å²) in [6, 6.07) is 10.3. The summed E-state index contributed by atoms with van der Waals surface area (Å²) in [5.74, 6) is 0.599. The maximum atomic E-state index is 14.6. The van der Waals surface area contributed by atoms with E-state index in [1.54, 1.807) is 42.5 Å². The molecular weight excluding hydrogens is 399 g/mol. The molecule has 0 saturated heterocycles. The number of hydrogen-bond donors (Lipinski definition) is 3. The normalized spacial score (nSPS) is 18.5. The second-order valence-electron chi connectivity index (χ2n) is 7.62. The number of fused-ring (bicyclic) bond motifs is 1. The Labute approximate surface area is 178 Å². The van der Waals surface area contributed by atoms with Gasteiger partial charge in [-0.25, -0.2) is 9.49 Å². The molecular formula is C23H23FN4O3. The van der Waals surface area contributed by atoms with Crippen LogP contribution in [-0.4, -0.2) is 30.0 Å². The van der Waals surface area contributed by atoms with Gasteiger partial charge in [-0.05, 0) is 41.8 Å². The molecule has 1 heterocycles. The van der Waals surface area contributed by atoms with Crippen molar-refractivity contribution in [3.63, 3.8) is 0 Å². The van der Waals surface area contributed by atoms with Crippen LogP contribution in [0.15, 0.2) is 59.2 Å². The maximum absolute atomic E-state index is 14.6. The average Bonchev–Trinajstić information content (AvgIpc) is 2.77. The van der Waals surface area contributed by atoms with E-state index in [2.05, 4.69) is 10.2 Å². The number of benzene rings is 2. The van der Waals surface area contributed by atoms with Crippen molar-refractivity contribution in [2.24, 2.45) is 5.73 Å². The standard InChI is InChI=1S/C23H23FN4O3/c1-30-15-9-16-21(20(10-15)31-2)19(27-28-22(16)29)12-23(26)8-7-18(24)17(11-23)13-3-5-14(25)6-4-13/h3-10H,11-12,25-26H2,1-2H3,(H,28,29). The lowest BCUT2D eigenvalue weighted by molar-refractivity contribution is 0.397. The molecule has 8 heteroatoms. The lowest BCUT2D eigenvalue weighted by Crippen LogP contribution is -2.42. The number of H-pyrrole nitrogens is 1. The molecule has 0 aliphatic heterocycles. The van der Waals surface area contributed by atoms with Crippen molar-refractivity contribution in [2.75, 3.05) is 20.0 Å². The van der Waals surface area contributed by atoms with E-state index in [-0.39, 0.29) is 24.2 Å². The van der Waals surface area contributed by atoms with Crippen LogP contribution >= 0.6 is 0 Å². The summed E-state index contributed by atoms with van der Waals surface area (Å²) in [5, 5.41) is 7.68. The fourth-order valence-electron chi connectivity index (χ4n) is 3.88. The molecule has 0 amide bonds. The van der Waals surface area contributed by atoms with E-state index < -0.39 is 5.54 Å². The summed E-state index contributed by atoms with van der Waals surface area (Å²) in [6.45, 7) is 0. The Balaban J connectivity index is 1.76. The van der Waals surface area contributed by atoms with Crippen molar-refractivity contribution in [3.05, 3.63) is 76.0 Å². The molecule has 31 heavy (non-hydrogen) atoms. The van der Waals surface area contributed by atoms with Gasteiger partial charge in [0.2, 0.25) is 0 Å². The van der Waals surface area contributed by atoms with Crippen LogP contribution in [-0.2, 0) is 6.42 Å². The van der Waals surface area contributed by atoms with Gasteiger partial charge in [0.05, 0.1) is 30.7 Å². The van der Waals surface area contributed by atoms with Crippen molar-refractivity contribution in [3.8, 4) is 11.5 Å². The first-order valence-electron chi connectivity index (χ1n) is 9.69. The summed E-state index contributed by atoms with van der Waals surface area (Å²) in [5.41, 5.74) is 13.5. The minimum atomic E-state index is -0.921. The third kappa shape index (κ3) is 3.89. The van der Waals surface area contributed by atoms with Crippen molar-refractivity contribution < 1.29 is 13.9 Å². The van der Waals surface area contributed by atoms with E-state index in [1.165, 1.54) is 20.3 Å². The molecule has 4 rings (SSSR count). The number of nitrogen functional groups attached to an aromatic ring is 1. The molecule has 2 aromatic carbocycles. The van der Waals surface area contributed by atoms with E-state index in [4.69, 9.17) is 20.9 Å². The zero-order valence-electron chi connectivity index (χ0n) is 17.2. The number of nitrogens with one attached hydrogen (secondary N) is 1. The molecule has 1 aromatic heterocycles. The first kappa shape index (κ1) is 20.6. The van der Waals surface area contributed by atoms with Gasteiger partial charge in [0.25, 0.3) is 5.56 Å². The maximum Gasteiger partial charge on any atom is 0.272 e. The molecule has 0 fully saturated rings. The third-order valence-corrected chi connectivity index (χ3v) is 5.47. The summed E-state index contributed by atoms with van der Waals surface area (Å²) < 4.78 is 25.4. The van der Waals surface area contributed by atoms with Gasteiger partial charge in [0.1, 0.15) is 17.3 Å². The minimum absolute atomic E-state index is 0.250. The van der Waals surface area contributed by atoms with Crippen LogP contribution < -0.4 is 26.5 Å². The topological polar surface area (TPSA) is 116 Å². The van der Waals surface area contributed by atoms with Crippen LogP contribution in [0.2, 0.25) is 0 Å². The van der Waals surface area contributed by atoms with Gasteiger partial charge in [-0.2, -0.15) is 5.10 Å². The summed E-state index contributed by atoms with van der Waals surface area (Å²) in [7, 11) is 3.02. The van der Waals surface area contributed by atoms with Crippen LogP contribution in [0.4, 0.5) is 10.1 Å². The highest BCUT2D eigenvalue weighted by Gasteiger charge is 2.31. The quantitative estimate of drug-likeness (QED) is 0.544. The zero-order chi connectivity index (χ0) is 22.2. The summed E-state index contributed by atoms with van der Waals surface area (Å²) in [6.07, 6.45) is 3.52. The van der Waals surface area contributed by atoms with Gasteiger partial charge < -0.3 is 20.9 Å². The number of nitrogens with two attached hydrogens (primary N) is 2. The Kier molecular flexibility index (Phi) is 5.24. The fourth-order valence-corrected chi connectivity index (χ4v) is 3.88. The molecule has 1 atom stereocenters. The van der Waals surface area contributed by atoms with Crippen molar-refractivity contribution in [1.29, 1.82) is 0 Å². The number of halogens is 1. The van der Waals surface area contributed by atoms with Gasteiger partial charge in [0, 0.05) is 23.7 Å². The predicted molar refractivity (Wildman–Crippen MR) is 119 cm³/mol. The zero-order valence-corrected chi connectivity index (χ0v) is 17.2. The van der Waals surface area contributed by atoms with Crippen molar-refractivity contribution in [2.45, 2.75) is 18.4 Å². The summed E-state index contributed by atoms with van der Waals surface area (Å²) >= 11 is 0. The Morgan fingerprint density at radius 2 is 1.94 bits per heavy atom. The second-order valence-corrected chi connectivity index (χ2v) is 7.62. The number of methoxy groups -OCH3 is 2. The molecule has 0 saturated carbocycles. The van der Waals surface area contributed by atoms with Crippen LogP contribution in [0.25, 0.3) is 16.3 Å². The highest BCUT2D eigenvalue weighted by atomic mass is 19.1. The number of allylic oxidation sites excluding steroid dienone is 2. The molecule has 1 aliphatic carbocycles. The fraction of sp³-hybridized carbons (Fsp3) is 0.217. The highest BCUT2D eigenvalue weighted by molar-refractivity contribution is 5.91. The number of rotatable bonds is 5. The molecule has 160 valence electrons. The van der Waals surface area contributed by atoms with E-state index in [0.717, 1.165) is 0 Å². The van der Waals surface area contributed by atoms with Crippen LogP contribution in [0, 0.1) is 0 Å². The van der Waals surface area contributed by atoms with Gasteiger partial charge in [-0.1, -0.05) is 18.2 Å². The molecule has 1 aliphatic rings. The van der Waals surface area contributed by atoms with Crippen LogP contribution in [0.3, 0.4) is 0 Å². The molecule has 7 nitrogen and oxygen atoms in total. The van der Waals surface area contributed by atoms with Crippen LogP contribution in [0.1, 0.15) is 17.7 Å². The number of aromatic amines is 1. The Hall–Kier alpha value is -3.65. The molecule has 5 N–H and O–H groups in total. The first-order valence-corrected chi connectivity index (χ1v) is 9.69. The first-order chi connectivity index (χ1) is 14.8. The van der Waals surface area contributed by atoms with E-state index in [9.17, 15) is 9.18 Å². The lowest BCUT2D eigenvalue weighted by atomic mass is 9.80.